The first-order valence-corrected chi connectivity index (χ1v) is 27.4. The number of aldehydes is 2. The average molecular weight is 1090 g/mol. The third kappa shape index (κ3) is 13.2. The molecule has 2 aromatic carbocycles. The number of nitrogens with one attached hydrogen (secondary N) is 2. The van der Waals surface area contributed by atoms with Crippen LogP contribution in [-0.2, 0) is 30.4 Å². The van der Waals surface area contributed by atoms with E-state index in [0.717, 1.165) is 11.8 Å². The SMILES string of the molecule is CCN(CC)c1cc(Nc2nc(Nc3cc(N(CC)CC)c(OC)cc3/N=N/c3sc(C=O)c(S(=O)(=O)O)c3C#N)nc(SCCS(=O)(=O)O)n2)c(/N=N/c2sc(C=O)c(S(=O)(=O)O)c2C#N)cc1OC. The van der Waals surface area contributed by atoms with Crippen LogP contribution >= 0.6 is 34.4 Å². The zero-order valence-electron chi connectivity index (χ0n) is 38.0. The van der Waals surface area contributed by atoms with E-state index in [4.69, 9.17) is 9.47 Å². The fraction of sp³-hybridized carbons (Fsp3) is 0.308. The quantitative estimate of drug-likeness (QED) is 0.0170. The fourth-order valence-electron chi connectivity index (χ4n) is 6.49. The number of thioether (sulfide) groups is 1. The highest BCUT2D eigenvalue weighted by atomic mass is 32.2. The number of hydrogen-bond donors (Lipinski definition) is 5. The minimum Gasteiger partial charge on any atom is -0.494 e. The Bertz CT molecular complexity index is 3140. The summed E-state index contributed by atoms with van der Waals surface area (Å²) in [5.41, 5.74) is -0.0105. The smallest absolute Gasteiger partial charge is 0.297 e. The third-order valence-corrected chi connectivity index (χ3v) is 15.6. The molecule has 3 aromatic heterocycles. The Labute approximate surface area is 418 Å². The lowest BCUT2D eigenvalue weighted by Crippen LogP contribution is -2.22. The monoisotopic (exact) mass is 1090 g/mol. The van der Waals surface area contributed by atoms with Crippen molar-refractivity contribution in [3.8, 4) is 23.6 Å². The number of nitriles is 2. The summed E-state index contributed by atoms with van der Waals surface area (Å²) < 4.78 is 113. The van der Waals surface area contributed by atoms with Crippen molar-refractivity contribution in [1.82, 2.24) is 15.0 Å². The molecular formula is C39H41N13O13S6. The molecule has 0 saturated carbocycles. The number of ether oxygens (including phenoxy) is 2. The molecule has 0 unspecified atom stereocenters. The van der Waals surface area contributed by atoms with Crippen molar-refractivity contribution in [2.45, 2.75) is 42.6 Å². The van der Waals surface area contributed by atoms with Gasteiger partial charge in [-0.05, 0) is 39.8 Å². The maximum Gasteiger partial charge on any atom is 0.297 e. The van der Waals surface area contributed by atoms with Gasteiger partial charge in [-0.1, -0.05) is 11.8 Å². The number of thiophene rings is 2. The first-order valence-electron chi connectivity index (χ1n) is 20.3. The van der Waals surface area contributed by atoms with Crippen LogP contribution in [0, 0.1) is 22.7 Å². The second kappa shape index (κ2) is 23.4. The van der Waals surface area contributed by atoms with Crippen molar-refractivity contribution in [3.05, 3.63) is 45.1 Å². The van der Waals surface area contributed by atoms with Crippen LogP contribution in [0.2, 0.25) is 0 Å². The van der Waals surface area contributed by atoms with Crippen LogP contribution in [-0.4, -0.2) is 118 Å². The number of methoxy groups -OCH3 is 2. The summed E-state index contributed by atoms with van der Waals surface area (Å²) in [6, 6.07) is 9.39. The molecule has 0 amide bonds. The molecule has 0 fully saturated rings. The van der Waals surface area contributed by atoms with Gasteiger partial charge < -0.3 is 29.9 Å². The molecule has 5 aromatic rings. The predicted molar refractivity (Wildman–Crippen MR) is 263 cm³/mol. The molecule has 0 bridgehead atoms. The van der Waals surface area contributed by atoms with Crippen LogP contribution in [0.1, 0.15) is 58.2 Å². The Hall–Kier alpha value is -6.75. The maximum atomic E-state index is 12.2. The Morgan fingerprint density at radius 1 is 0.676 bits per heavy atom. The predicted octanol–water partition coefficient (Wildman–Crippen LogP) is 7.86. The lowest BCUT2D eigenvalue weighted by Gasteiger charge is -2.25. The van der Waals surface area contributed by atoms with Gasteiger partial charge in [-0.25, -0.2) is 0 Å². The standard InChI is InChI=1S/C39H41N13O13S6/c1-7-51(8-2)27-13-23(25(15-29(27)64-5)47-49-35-21(17-40)33(70(58,59)60)31(19-53)67-35)42-37-44-38(46-39(45-37)66-11-12-69(55,56)57)43-24-14-28(52(9-3)10-4)30(65-6)16-26(24)48-50-36-22(18-41)34(71(61,62)63)32(20-54)68-36/h13-16,19-20H,7-12H2,1-6H3,(H,55,56,57)(H,58,59,60)(H,61,62,63)(H2,42,43,44,45,46)/b49-47+,50-48+. The molecule has 26 nitrogen and oxygen atoms in total. The lowest BCUT2D eigenvalue weighted by molar-refractivity contribution is 0.111. The Balaban J connectivity index is 1.74. The molecule has 0 atom stereocenters. The van der Waals surface area contributed by atoms with Crippen molar-refractivity contribution in [3.63, 3.8) is 0 Å². The summed E-state index contributed by atoms with van der Waals surface area (Å²) >= 11 is 1.77. The van der Waals surface area contributed by atoms with E-state index in [-0.39, 0.29) is 79.6 Å². The number of hydrogen-bond acceptors (Lipinski definition) is 26. The molecule has 71 heavy (non-hydrogen) atoms. The number of nitrogens with zero attached hydrogens (tertiary/aromatic N) is 11. The zero-order chi connectivity index (χ0) is 52.4. The average Bonchev–Trinajstić information content (AvgIpc) is 3.89. The van der Waals surface area contributed by atoms with Gasteiger partial charge in [-0.15, -0.1) is 43.1 Å². The van der Waals surface area contributed by atoms with Gasteiger partial charge in [0.2, 0.25) is 11.9 Å². The molecule has 32 heteroatoms. The van der Waals surface area contributed by atoms with Gasteiger partial charge in [0.25, 0.3) is 30.4 Å². The van der Waals surface area contributed by atoms with Gasteiger partial charge in [-0.2, -0.15) is 50.7 Å². The van der Waals surface area contributed by atoms with Crippen LogP contribution < -0.4 is 29.9 Å². The molecular weight excluding hydrogens is 1050 g/mol. The first kappa shape index (κ1) is 55.2. The van der Waals surface area contributed by atoms with Gasteiger partial charge >= 0.3 is 0 Å². The van der Waals surface area contributed by atoms with Crippen molar-refractivity contribution in [1.29, 1.82) is 10.5 Å². The van der Waals surface area contributed by atoms with E-state index in [0.29, 0.717) is 60.2 Å². The third-order valence-electron chi connectivity index (χ3n) is 9.68. The topological polar surface area (TPSA) is 382 Å². The molecule has 0 radical (unpaired) electrons. The molecule has 0 saturated heterocycles. The molecule has 0 aliphatic heterocycles. The number of aromatic nitrogens is 3. The van der Waals surface area contributed by atoms with E-state index < -0.39 is 66.8 Å². The minimum atomic E-state index is -5.05. The summed E-state index contributed by atoms with van der Waals surface area (Å²) in [4.78, 5) is 38.1. The van der Waals surface area contributed by atoms with Crippen LogP contribution in [0.5, 0.6) is 11.5 Å². The van der Waals surface area contributed by atoms with Gasteiger partial charge in [0.1, 0.15) is 55.9 Å². The number of anilines is 6. The van der Waals surface area contributed by atoms with Crippen molar-refractivity contribution < 1.29 is 58.0 Å². The van der Waals surface area contributed by atoms with Crippen LogP contribution in [0.3, 0.4) is 0 Å². The van der Waals surface area contributed by atoms with Crippen LogP contribution in [0.25, 0.3) is 0 Å². The number of azo groups is 2. The second-order valence-electron chi connectivity index (χ2n) is 13.8. The fourth-order valence-corrected chi connectivity index (χ4v) is 12.1. The largest absolute Gasteiger partial charge is 0.494 e. The van der Waals surface area contributed by atoms with Gasteiger partial charge in [0.05, 0.1) is 52.5 Å². The maximum absolute atomic E-state index is 12.2. The summed E-state index contributed by atoms with van der Waals surface area (Å²) in [5.74, 6) is -0.788. The second-order valence-corrected chi connectivity index (χ2v) is 21.2. The van der Waals surface area contributed by atoms with Gasteiger partial charge in [0, 0.05) is 44.1 Å². The molecule has 5 N–H and O–H groups in total. The van der Waals surface area contributed by atoms with Crippen molar-refractivity contribution in [2.24, 2.45) is 20.5 Å². The van der Waals surface area contributed by atoms with Crippen LogP contribution in [0.4, 0.5) is 56.0 Å². The summed E-state index contributed by atoms with van der Waals surface area (Å²) in [6.07, 6.45) is 0.285. The van der Waals surface area contributed by atoms with Gasteiger partial charge in [0.15, 0.2) is 27.7 Å². The summed E-state index contributed by atoms with van der Waals surface area (Å²) in [6.45, 7) is 9.55. The van der Waals surface area contributed by atoms with E-state index in [1.165, 1.54) is 26.4 Å². The Morgan fingerprint density at radius 3 is 1.38 bits per heavy atom. The minimum absolute atomic E-state index is 0.0199. The molecule has 376 valence electrons. The van der Waals surface area contributed by atoms with E-state index in [1.807, 2.05) is 37.5 Å². The van der Waals surface area contributed by atoms with Crippen molar-refractivity contribution >= 4 is 133 Å². The van der Waals surface area contributed by atoms with E-state index >= 15 is 0 Å². The van der Waals surface area contributed by atoms with Crippen molar-refractivity contribution in [2.75, 3.05) is 72.3 Å². The van der Waals surface area contributed by atoms with E-state index in [2.05, 4.69) is 46.0 Å². The van der Waals surface area contributed by atoms with E-state index in [9.17, 15) is 59.0 Å². The van der Waals surface area contributed by atoms with Crippen LogP contribution in [0.15, 0.2) is 59.7 Å². The normalized spacial score (nSPS) is 11.9. The van der Waals surface area contributed by atoms with E-state index in [1.54, 1.807) is 24.3 Å². The number of carbonyl (C=O) groups is 2. The number of carbonyl (C=O) groups excluding carboxylic acids is 2. The number of rotatable bonds is 24. The lowest BCUT2D eigenvalue weighted by atomic mass is 10.2. The summed E-state index contributed by atoms with van der Waals surface area (Å²) in [7, 11) is -11.7. The van der Waals surface area contributed by atoms with Gasteiger partial charge in [-0.3, -0.25) is 23.2 Å². The Kier molecular flexibility index (Phi) is 18.2. The first-order chi connectivity index (χ1) is 33.6. The highest BCUT2D eigenvalue weighted by Gasteiger charge is 2.29. The summed E-state index contributed by atoms with van der Waals surface area (Å²) in [5, 5.41) is 41.8. The molecule has 5 rings (SSSR count). The highest BCUT2D eigenvalue weighted by molar-refractivity contribution is 8.00. The zero-order valence-corrected chi connectivity index (χ0v) is 42.9. The molecule has 0 aliphatic carbocycles. The Morgan fingerprint density at radius 2 is 1.07 bits per heavy atom. The molecule has 0 aliphatic rings. The molecule has 0 spiro atoms. The molecule has 3 heterocycles. The highest BCUT2D eigenvalue weighted by Crippen LogP contribution is 2.45. The number of benzene rings is 2.